The smallest absolute Gasteiger partial charge is 0.137 e. The molecule has 1 aromatic heterocycles. The zero-order valence-electron chi connectivity index (χ0n) is 12.3. The van der Waals surface area contributed by atoms with Gasteiger partial charge in [0.15, 0.2) is 0 Å². The maximum atomic E-state index is 4.51. The van der Waals surface area contributed by atoms with E-state index in [1.54, 1.807) is 6.33 Å². The summed E-state index contributed by atoms with van der Waals surface area (Å²) in [5, 5.41) is 3.17. The van der Waals surface area contributed by atoms with E-state index in [2.05, 4.69) is 38.9 Å². The number of hydrogen-bond donors (Lipinski definition) is 1. The summed E-state index contributed by atoms with van der Waals surface area (Å²) in [5.41, 5.74) is 1.23. The van der Waals surface area contributed by atoms with Crippen molar-refractivity contribution in [3.05, 3.63) is 11.9 Å². The molecule has 106 valence electrons. The highest BCUT2D eigenvalue weighted by molar-refractivity contribution is 5.58. The molecule has 1 N–H and O–H groups in total. The number of piperazine rings is 1. The maximum absolute atomic E-state index is 4.51. The first-order chi connectivity index (χ1) is 9.30. The zero-order valence-corrected chi connectivity index (χ0v) is 12.3. The molecule has 0 aliphatic carbocycles. The van der Waals surface area contributed by atoms with Crippen molar-refractivity contribution < 1.29 is 0 Å². The molecule has 0 atom stereocenters. The predicted molar refractivity (Wildman–Crippen MR) is 79.9 cm³/mol. The molecule has 2 heterocycles. The van der Waals surface area contributed by atoms with Crippen LogP contribution in [0.25, 0.3) is 0 Å². The van der Waals surface area contributed by atoms with E-state index in [1.165, 1.54) is 18.5 Å². The van der Waals surface area contributed by atoms with Gasteiger partial charge in [0.05, 0.1) is 0 Å². The van der Waals surface area contributed by atoms with E-state index in [1.807, 2.05) is 7.05 Å². The van der Waals surface area contributed by atoms with Crippen molar-refractivity contribution in [3.63, 3.8) is 0 Å². The minimum absolute atomic E-state index is 0.960. The molecule has 1 aliphatic heterocycles. The molecular weight excluding hydrogens is 238 g/mol. The lowest BCUT2D eigenvalue weighted by Gasteiger charge is -2.36. The molecule has 19 heavy (non-hydrogen) atoms. The molecule has 1 aliphatic rings. The summed E-state index contributed by atoms with van der Waals surface area (Å²) in [6, 6.07) is 0. The van der Waals surface area contributed by atoms with Crippen molar-refractivity contribution in [1.82, 2.24) is 14.9 Å². The van der Waals surface area contributed by atoms with Crippen molar-refractivity contribution in [2.75, 3.05) is 50.0 Å². The lowest BCUT2D eigenvalue weighted by molar-refractivity contribution is 0.258. The predicted octanol–water partition coefficient (Wildman–Crippen LogP) is 1.61. The van der Waals surface area contributed by atoms with Crippen LogP contribution in [0.15, 0.2) is 6.33 Å². The summed E-state index contributed by atoms with van der Waals surface area (Å²) in [4.78, 5) is 13.7. The lowest BCUT2D eigenvalue weighted by Crippen LogP contribution is -2.47. The highest BCUT2D eigenvalue weighted by Gasteiger charge is 2.20. The van der Waals surface area contributed by atoms with Gasteiger partial charge < -0.3 is 10.2 Å². The van der Waals surface area contributed by atoms with E-state index < -0.39 is 0 Å². The van der Waals surface area contributed by atoms with E-state index >= 15 is 0 Å². The Morgan fingerprint density at radius 2 is 1.89 bits per heavy atom. The normalized spacial score (nSPS) is 16.7. The first-order valence-electron chi connectivity index (χ1n) is 7.29. The van der Waals surface area contributed by atoms with E-state index in [0.29, 0.717) is 0 Å². The average molecular weight is 263 g/mol. The van der Waals surface area contributed by atoms with Crippen LogP contribution in [0.1, 0.15) is 25.8 Å². The van der Waals surface area contributed by atoms with Gasteiger partial charge in [0.2, 0.25) is 0 Å². The van der Waals surface area contributed by atoms with Gasteiger partial charge in [-0.25, -0.2) is 9.97 Å². The third-order valence-corrected chi connectivity index (χ3v) is 3.72. The van der Waals surface area contributed by atoms with Crippen molar-refractivity contribution in [2.24, 2.45) is 0 Å². The minimum atomic E-state index is 0.960. The maximum Gasteiger partial charge on any atom is 0.137 e. The summed E-state index contributed by atoms with van der Waals surface area (Å²) < 4.78 is 0. The van der Waals surface area contributed by atoms with Gasteiger partial charge in [0.1, 0.15) is 18.0 Å². The Morgan fingerprint density at radius 1 is 1.16 bits per heavy atom. The number of aromatic nitrogens is 2. The molecule has 0 amide bonds. The fourth-order valence-corrected chi connectivity index (χ4v) is 2.72. The first kappa shape index (κ1) is 14.1. The second-order valence-corrected chi connectivity index (χ2v) is 4.96. The Balaban J connectivity index is 2.11. The van der Waals surface area contributed by atoms with Crippen molar-refractivity contribution in [3.8, 4) is 0 Å². The molecule has 1 saturated heterocycles. The highest BCUT2D eigenvalue weighted by atomic mass is 15.3. The Labute approximate surface area is 116 Å². The van der Waals surface area contributed by atoms with Crippen LogP contribution in [0, 0.1) is 0 Å². The number of rotatable bonds is 5. The van der Waals surface area contributed by atoms with Crippen LogP contribution in [0.4, 0.5) is 11.6 Å². The lowest BCUT2D eigenvalue weighted by atomic mass is 10.2. The fourth-order valence-electron chi connectivity index (χ4n) is 2.72. The third kappa shape index (κ3) is 3.15. The van der Waals surface area contributed by atoms with E-state index in [9.17, 15) is 0 Å². The van der Waals surface area contributed by atoms with Crippen LogP contribution >= 0.6 is 0 Å². The Hall–Kier alpha value is -1.36. The van der Waals surface area contributed by atoms with Gasteiger partial charge in [-0.1, -0.05) is 13.8 Å². The first-order valence-corrected chi connectivity index (χ1v) is 7.29. The van der Waals surface area contributed by atoms with Crippen LogP contribution in [-0.4, -0.2) is 54.6 Å². The summed E-state index contributed by atoms with van der Waals surface area (Å²) in [6.45, 7) is 10.0. The topological polar surface area (TPSA) is 44.3 Å². The Morgan fingerprint density at radius 3 is 2.47 bits per heavy atom. The SMILES string of the molecule is CCCN1CCN(c2ncnc(NC)c2CC)CC1. The van der Waals surface area contributed by atoms with Crippen molar-refractivity contribution in [2.45, 2.75) is 26.7 Å². The molecule has 2 rings (SSSR count). The molecule has 1 aromatic rings. The number of anilines is 2. The van der Waals surface area contributed by atoms with Gasteiger partial charge in [-0.3, -0.25) is 4.90 Å². The summed E-state index contributed by atoms with van der Waals surface area (Å²) >= 11 is 0. The molecule has 0 saturated carbocycles. The molecule has 0 bridgehead atoms. The standard InChI is InChI=1S/C14H25N5/c1-4-6-18-7-9-19(10-8-18)14-12(5-2)13(15-3)16-11-17-14/h11H,4-10H2,1-3H3,(H,15,16,17). The summed E-state index contributed by atoms with van der Waals surface area (Å²) in [7, 11) is 1.92. The van der Waals surface area contributed by atoms with Crippen molar-refractivity contribution >= 4 is 11.6 Å². The molecule has 0 aromatic carbocycles. The Bertz CT molecular complexity index is 399. The molecule has 1 fully saturated rings. The van der Waals surface area contributed by atoms with Gasteiger partial charge in [0, 0.05) is 38.8 Å². The molecule has 5 nitrogen and oxygen atoms in total. The summed E-state index contributed by atoms with van der Waals surface area (Å²) in [6.07, 6.45) is 3.86. The highest BCUT2D eigenvalue weighted by Crippen LogP contribution is 2.24. The van der Waals surface area contributed by atoms with Crippen molar-refractivity contribution in [1.29, 1.82) is 0 Å². The second-order valence-electron chi connectivity index (χ2n) is 4.96. The van der Waals surface area contributed by atoms with Gasteiger partial charge in [-0.05, 0) is 19.4 Å². The van der Waals surface area contributed by atoms with Gasteiger partial charge >= 0.3 is 0 Å². The van der Waals surface area contributed by atoms with Crippen LogP contribution < -0.4 is 10.2 Å². The average Bonchev–Trinajstić information content (AvgIpc) is 2.47. The van der Waals surface area contributed by atoms with Crippen LogP contribution in [0.3, 0.4) is 0 Å². The monoisotopic (exact) mass is 263 g/mol. The molecular formula is C14H25N5. The van der Waals surface area contributed by atoms with Gasteiger partial charge in [0.25, 0.3) is 0 Å². The second kappa shape index (κ2) is 6.70. The van der Waals surface area contributed by atoms with Crippen LogP contribution in [0.5, 0.6) is 0 Å². The molecule has 0 radical (unpaired) electrons. The molecule has 0 unspecified atom stereocenters. The Kier molecular flexibility index (Phi) is 4.96. The quantitative estimate of drug-likeness (QED) is 0.874. The fraction of sp³-hybridized carbons (Fsp3) is 0.714. The van der Waals surface area contributed by atoms with Gasteiger partial charge in [-0.2, -0.15) is 0 Å². The minimum Gasteiger partial charge on any atom is -0.373 e. The van der Waals surface area contributed by atoms with Gasteiger partial charge in [-0.15, -0.1) is 0 Å². The van der Waals surface area contributed by atoms with Crippen LogP contribution in [0.2, 0.25) is 0 Å². The number of nitrogens with one attached hydrogen (secondary N) is 1. The zero-order chi connectivity index (χ0) is 13.7. The third-order valence-electron chi connectivity index (χ3n) is 3.72. The number of hydrogen-bond acceptors (Lipinski definition) is 5. The number of nitrogens with zero attached hydrogens (tertiary/aromatic N) is 4. The largest absolute Gasteiger partial charge is 0.373 e. The van der Waals surface area contributed by atoms with E-state index in [-0.39, 0.29) is 0 Å². The van der Waals surface area contributed by atoms with Crippen LogP contribution in [-0.2, 0) is 6.42 Å². The molecule has 5 heteroatoms. The molecule has 0 spiro atoms. The summed E-state index contributed by atoms with van der Waals surface area (Å²) in [5.74, 6) is 2.07. The van der Waals surface area contributed by atoms with E-state index in [0.717, 1.165) is 44.2 Å². The van der Waals surface area contributed by atoms with E-state index in [4.69, 9.17) is 0 Å².